The number of nitrogens with zero attached hydrogens (tertiary/aromatic N) is 2. The lowest BCUT2D eigenvalue weighted by Gasteiger charge is -2.15. The number of hydrogen-bond acceptors (Lipinski definition) is 7. The van der Waals surface area contributed by atoms with Crippen LogP contribution < -0.4 is 20.3 Å². The van der Waals surface area contributed by atoms with Crippen LogP contribution in [0.2, 0.25) is 0 Å². The minimum absolute atomic E-state index is 0.00352. The molecule has 9 heteroatoms. The summed E-state index contributed by atoms with van der Waals surface area (Å²) < 4.78 is 18.2. The topological polar surface area (TPSA) is 114 Å². The monoisotopic (exact) mass is 440 g/mol. The SMILES string of the molecule is Cc1occc(=O)c1OCCCCCOc1c(C)n(-c2ccc([N+](=O)[O-])cc2)ccc1=O. The van der Waals surface area contributed by atoms with E-state index in [2.05, 4.69) is 0 Å². The molecule has 168 valence electrons. The van der Waals surface area contributed by atoms with Gasteiger partial charge in [0.05, 0.1) is 30.1 Å². The Morgan fingerprint density at radius 1 is 0.906 bits per heavy atom. The van der Waals surface area contributed by atoms with Gasteiger partial charge in [0.15, 0.2) is 5.75 Å². The Morgan fingerprint density at radius 3 is 2.16 bits per heavy atom. The average Bonchev–Trinajstić information content (AvgIpc) is 2.77. The number of pyridine rings is 1. The summed E-state index contributed by atoms with van der Waals surface area (Å²) in [6.07, 6.45) is 5.17. The number of aryl methyl sites for hydroxylation is 1. The zero-order valence-electron chi connectivity index (χ0n) is 17.9. The van der Waals surface area contributed by atoms with Crippen molar-refractivity contribution in [1.82, 2.24) is 4.57 Å². The summed E-state index contributed by atoms with van der Waals surface area (Å²) in [5.74, 6) is 0.930. The van der Waals surface area contributed by atoms with Gasteiger partial charge in [0.1, 0.15) is 5.76 Å². The van der Waals surface area contributed by atoms with Gasteiger partial charge in [-0.2, -0.15) is 0 Å². The second-order valence-electron chi connectivity index (χ2n) is 7.17. The lowest BCUT2D eigenvalue weighted by atomic mass is 10.2. The third-order valence-electron chi connectivity index (χ3n) is 4.92. The van der Waals surface area contributed by atoms with E-state index in [0.29, 0.717) is 36.8 Å². The van der Waals surface area contributed by atoms with Crippen molar-refractivity contribution in [3.05, 3.63) is 90.9 Å². The fourth-order valence-corrected chi connectivity index (χ4v) is 3.21. The Kier molecular flexibility index (Phi) is 7.43. The molecule has 3 rings (SSSR count). The molecule has 0 saturated heterocycles. The first-order valence-electron chi connectivity index (χ1n) is 10.2. The molecule has 0 aliphatic heterocycles. The van der Waals surface area contributed by atoms with Crippen LogP contribution in [-0.4, -0.2) is 22.7 Å². The van der Waals surface area contributed by atoms with Crippen molar-refractivity contribution >= 4 is 5.69 Å². The van der Waals surface area contributed by atoms with Crippen LogP contribution in [0.15, 0.2) is 62.9 Å². The van der Waals surface area contributed by atoms with Gasteiger partial charge in [-0.05, 0) is 45.2 Å². The third kappa shape index (κ3) is 5.42. The largest absolute Gasteiger partial charge is 0.488 e. The van der Waals surface area contributed by atoms with E-state index in [1.807, 2.05) is 0 Å². The molecule has 0 aliphatic carbocycles. The van der Waals surface area contributed by atoms with Crippen molar-refractivity contribution < 1.29 is 18.8 Å². The molecule has 0 unspecified atom stereocenters. The summed E-state index contributed by atoms with van der Waals surface area (Å²) in [5.41, 5.74) is 0.865. The lowest BCUT2D eigenvalue weighted by Crippen LogP contribution is -2.15. The Balaban J connectivity index is 1.53. The molecule has 0 N–H and O–H groups in total. The molecular weight excluding hydrogens is 416 g/mol. The molecule has 0 amide bonds. The molecule has 0 aliphatic rings. The summed E-state index contributed by atoms with van der Waals surface area (Å²) >= 11 is 0. The number of nitro benzene ring substituents is 1. The Bertz CT molecular complexity index is 1200. The average molecular weight is 440 g/mol. The predicted octanol–water partition coefficient (Wildman–Crippen LogP) is 3.94. The number of hydrogen-bond donors (Lipinski definition) is 0. The zero-order chi connectivity index (χ0) is 23.1. The van der Waals surface area contributed by atoms with Crippen molar-refractivity contribution in [1.29, 1.82) is 0 Å². The van der Waals surface area contributed by atoms with Gasteiger partial charge < -0.3 is 18.5 Å². The molecule has 2 aromatic heterocycles. The van der Waals surface area contributed by atoms with Crippen molar-refractivity contribution in [2.45, 2.75) is 33.1 Å². The normalized spacial score (nSPS) is 10.7. The maximum absolute atomic E-state index is 12.3. The van der Waals surface area contributed by atoms with Crippen molar-refractivity contribution in [2.24, 2.45) is 0 Å². The second kappa shape index (κ2) is 10.4. The molecule has 0 saturated carbocycles. The number of unbranched alkanes of at least 4 members (excludes halogenated alkanes) is 2. The quantitative estimate of drug-likeness (QED) is 0.266. The van der Waals surface area contributed by atoms with Crippen molar-refractivity contribution in [2.75, 3.05) is 13.2 Å². The van der Waals surface area contributed by atoms with E-state index in [1.54, 1.807) is 36.7 Å². The first-order valence-corrected chi connectivity index (χ1v) is 10.2. The van der Waals surface area contributed by atoms with Crippen LogP contribution in [0, 0.1) is 24.0 Å². The molecule has 2 heterocycles. The maximum atomic E-state index is 12.3. The highest BCUT2D eigenvalue weighted by atomic mass is 16.6. The van der Waals surface area contributed by atoms with E-state index >= 15 is 0 Å². The van der Waals surface area contributed by atoms with Gasteiger partial charge in [0.25, 0.3) is 5.69 Å². The lowest BCUT2D eigenvalue weighted by molar-refractivity contribution is -0.384. The standard InChI is InChI=1S/C23H24N2O7/c1-16-22(20(26)10-12-24(16)18-6-8-19(9-7-18)25(28)29)31-13-4-3-5-14-32-23-17(2)30-15-11-21(23)27/h6-12,15H,3-5,13-14H2,1-2H3. The van der Waals surface area contributed by atoms with E-state index < -0.39 is 4.92 Å². The Labute approximate surface area is 184 Å². The highest BCUT2D eigenvalue weighted by molar-refractivity contribution is 5.44. The number of benzene rings is 1. The van der Waals surface area contributed by atoms with E-state index in [9.17, 15) is 19.7 Å². The number of rotatable bonds is 10. The Morgan fingerprint density at radius 2 is 1.53 bits per heavy atom. The van der Waals surface area contributed by atoms with Crippen LogP contribution in [0.4, 0.5) is 5.69 Å². The van der Waals surface area contributed by atoms with E-state index in [-0.39, 0.29) is 28.0 Å². The van der Waals surface area contributed by atoms with Gasteiger partial charge in [-0.3, -0.25) is 19.7 Å². The minimum atomic E-state index is -0.461. The summed E-state index contributed by atoms with van der Waals surface area (Å²) in [6, 6.07) is 8.79. The smallest absolute Gasteiger partial charge is 0.269 e. The highest BCUT2D eigenvalue weighted by Gasteiger charge is 2.12. The summed E-state index contributed by atoms with van der Waals surface area (Å²) in [5, 5.41) is 10.8. The molecule has 0 bridgehead atoms. The molecule has 32 heavy (non-hydrogen) atoms. The number of nitro groups is 1. The van der Waals surface area contributed by atoms with Gasteiger partial charge >= 0.3 is 0 Å². The first kappa shape index (κ1) is 22.8. The van der Waals surface area contributed by atoms with Crippen LogP contribution in [0.3, 0.4) is 0 Å². The van der Waals surface area contributed by atoms with E-state index in [0.717, 1.165) is 12.8 Å². The molecule has 0 spiro atoms. The summed E-state index contributed by atoms with van der Waals surface area (Å²) in [4.78, 5) is 34.4. The van der Waals surface area contributed by atoms with Crippen LogP contribution in [0.25, 0.3) is 5.69 Å². The van der Waals surface area contributed by atoms with Crippen LogP contribution >= 0.6 is 0 Å². The molecule has 0 radical (unpaired) electrons. The van der Waals surface area contributed by atoms with Gasteiger partial charge in [-0.15, -0.1) is 0 Å². The van der Waals surface area contributed by atoms with Gasteiger partial charge in [-0.25, -0.2) is 0 Å². The first-order chi connectivity index (χ1) is 15.4. The summed E-state index contributed by atoms with van der Waals surface area (Å²) in [7, 11) is 0. The van der Waals surface area contributed by atoms with Gasteiger partial charge in [-0.1, -0.05) is 0 Å². The fraction of sp³-hybridized carbons (Fsp3) is 0.304. The van der Waals surface area contributed by atoms with Crippen LogP contribution in [0.1, 0.15) is 30.7 Å². The molecular formula is C23H24N2O7. The maximum Gasteiger partial charge on any atom is 0.269 e. The molecule has 0 fully saturated rings. The zero-order valence-corrected chi connectivity index (χ0v) is 17.9. The van der Waals surface area contributed by atoms with Gasteiger partial charge in [0, 0.05) is 36.1 Å². The fourth-order valence-electron chi connectivity index (χ4n) is 3.21. The molecule has 1 aromatic carbocycles. The van der Waals surface area contributed by atoms with Crippen molar-refractivity contribution in [3.8, 4) is 17.2 Å². The molecule has 9 nitrogen and oxygen atoms in total. The highest BCUT2D eigenvalue weighted by Crippen LogP contribution is 2.20. The molecule has 0 atom stereocenters. The molecule has 3 aromatic rings. The predicted molar refractivity (Wildman–Crippen MR) is 118 cm³/mol. The minimum Gasteiger partial charge on any atom is -0.488 e. The van der Waals surface area contributed by atoms with E-state index in [4.69, 9.17) is 13.9 Å². The second-order valence-corrected chi connectivity index (χ2v) is 7.17. The van der Waals surface area contributed by atoms with Gasteiger partial charge in [0.2, 0.25) is 16.6 Å². The van der Waals surface area contributed by atoms with Crippen LogP contribution in [-0.2, 0) is 0 Å². The number of non-ortho nitro benzene ring substituents is 1. The number of aromatic nitrogens is 1. The Hall–Kier alpha value is -3.88. The summed E-state index contributed by atoms with van der Waals surface area (Å²) in [6.45, 7) is 4.18. The third-order valence-corrected chi connectivity index (χ3v) is 4.92. The van der Waals surface area contributed by atoms with Crippen LogP contribution in [0.5, 0.6) is 11.5 Å². The van der Waals surface area contributed by atoms with Crippen molar-refractivity contribution in [3.63, 3.8) is 0 Å². The number of ether oxygens (including phenoxy) is 2. The van der Waals surface area contributed by atoms with E-state index in [1.165, 1.54) is 30.5 Å².